The van der Waals surface area contributed by atoms with Crippen molar-refractivity contribution in [2.24, 2.45) is 0 Å². The first-order chi connectivity index (χ1) is 18.4. The highest BCUT2D eigenvalue weighted by molar-refractivity contribution is 7.17. The number of esters is 1. The number of amides is 2. The van der Waals surface area contributed by atoms with E-state index in [1.165, 1.54) is 16.7 Å². The number of rotatable bonds is 10. The van der Waals surface area contributed by atoms with Crippen LogP contribution in [0.5, 0.6) is 0 Å². The maximum Gasteiger partial charge on any atom is 0.338 e. The molecule has 0 unspecified atom stereocenters. The molecule has 0 spiro atoms. The topological polar surface area (TPSA) is 128 Å². The molecule has 11 heteroatoms. The molecule has 0 aliphatic rings. The molecule has 2 aromatic heterocycles. The second kappa shape index (κ2) is 12.2. The number of hydrogen-bond acceptors (Lipinski definition) is 7. The van der Waals surface area contributed by atoms with Gasteiger partial charge in [-0.1, -0.05) is 30.3 Å². The molecule has 38 heavy (non-hydrogen) atoms. The summed E-state index contributed by atoms with van der Waals surface area (Å²) in [5, 5.41) is 7.06. The van der Waals surface area contributed by atoms with Crippen LogP contribution in [0.1, 0.15) is 22.8 Å². The van der Waals surface area contributed by atoms with Crippen LogP contribution in [0.25, 0.3) is 10.2 Å². The fraction of sp³-hybridized carbons (Fsp3) is 0.222. The molecule has 0 aliphatic carbocycles. The van der Waals surface area contributed by atoms with Crippen molar-refractivity contribution in [2.45, 2.75) is 26.4 Å². The molecule has 0 bridgehead atoms. The van der Waals surface area contributed by atoms with Crippen molar-refractivity contribution in [1.29, 1.82) is 0 Å². The van der Waals surface area contributed by atoms with E-state index in [0.717, 1.165) is 21.5 Å². The van der Waals surface area contributed by atoms with Gasteiger partial charge in [0.25, 0.3) is 5.56 Å². The van der Waals surface area contributed by atoms with Crippen LogP contribution in [0, 0.1) is 0 Å². The number of nitrogens with one attached hydrogen (secondary N) is 2. The third kappa shape index (κ3) is 6.24. The first kappa shape index (κ1) is 26.6. The number of nitrogens with zero attached hydrogens (tertiary/aromatic N) is 2. The molecule has 2 heterocycles. The highest BCUT2D eigenvalue weighted by Gasteiger charge is 2.18. The highest BCUT2D eigenvalue weighted by atomic mass is 32.1. The van der Waals surface area contributed by atoms with Crippen LogP contribution in [-0.2, 0) is 33.8 Å². The van der Waals surface area contributed by atoms with Crippen LogP contribution >= 0.6 is 11.3 Å². The summed E-state index contributed by atoms with van der Waals surface area (Å²) in [6, 6.07) is 17.3. The average molecular weight is 535 g/mol. The Hall–Kier alpha value is -4.51. The van der Waals surface area contributed by atoms with E-state index in [2.05, 4.69) is 10.6 Å². The fourth-order valence-electron chi connectivity index (χ4n) is 3.86. The van der Waals surface area contributed by atoms with Crippen molar-refractivity contribution in [3.8, 4) is 0 Å². The Kier molecular flexibility index (Phi) is 8.49. The fourth-order valence-corrected chi connectivity index (χ4v) is 4.71. The molecule has 4 aromatic rings. The lowest BCUT2D eigenvalue weighted by molar-refractivity contribution is -0.121. The summed E-state index contributed by atoms with van der Waals surface area (Å²) < 4.78 is 7.24. The summed E-state index contributed by atoms with van der Waals surface area (Å²) in [5.41, 5.74) is 0.794. The SMILES string of the molecule is CCOC(=O)c1ccc(NC(=O)Cn2c(=O)n(CC(=O)NCCc3ccccc3)c(=O)c3sccc32)cc1. The largest absolute Gasteiger partial charge is 0.462 e. The number of fused-ring (bicyclic) bond motifs is 1. The van der Waals surface area contributed by atoms with Crippen molar-refractivity contribution in [1.82, 2.24) is 14.5 Å². The molecule has 0 radical (unpaired) electrons. The number of hydrogen-bond donors (Lipinski definition) is 2. The van der Waals surface area contributed by atoms with Gasteiger partial charge in [-0.2, -0.15) is 0 Å². The molecule has 0 aliphatic heterocycles. The molecule has 4 rings (SSSR count). The third-order valence-corrected chi connectivity index (χ3v) is 6.59. The van der Waals surface area contributed by atoms with E-state index < -0.39 is 35.6 Å². The van der Waals surface area contributed by atoms with Crippen molar-refractivity contribution < 1.29 is 19.1 Å². The Bertz CT molecular complexity index is 1570. The van der Waals surface area contributed by atoms with E-state index in [1.807, 2.05) is 30.3 Å². The van der Waals surface area contributed by atoms with E-state index in [-0.39, 0.29) is 17.9 Å². The van der Waals surface area contributed by atoms with Gasteiger partial charge in [-0.15, -0.1) is 11.3 Å². The summed E-state index contributed by atoms with van der Waals surface area (Å²) in [6.07, 6.45) is 0.608. The van der Waals surface area contributed by atoms with Crippen LogP contribution in [0.4, 0.5) is 5.69 Å². The van der Waals surface area contributed by atoms with Gasteiger partial charge < -0.3 is 15.4 Å². The maximum atomic E-state index is 13.2. The number of carbonyl (C=O) groups is 3. The van der Waals surface area contributed by atoms with E-state index in [0.29, 0.717) is 29.7 Å². The predicted molar refractivity (Wildman–Crippen MR) is 145 cm³/mol. The van der Waals surface area contributed by atoms with E-state index in [1.54, 1.807) is 30.5 Å². The van der Waals surface area contributed by atoms with Gasteiger partial charge in [-0.25, -0.2) is 14.2 Å². The lowest BCUT2D eigenvalue weighted by Crippen LogP contribution is -2.44. The van der Waals surface area contributed by atoms with Crippen LogP contribution < -0.4 is 21.9 Å². The average Bonchev–Trinajstić information content (AvgIpc) is 3.40. The van der Waals surface area contributed by atoms with Crippen molar-refractivity contribution in [2.75, 3.05) is 18.5 Å². The van der Waals surface area contributed by atoms with Gasteiger partial charge in [0.15, 0.2) is 0 Å². The maximum absolute atomic E-state index is 13.2. The summed E-state index contributed by atoms with van der Waals surface area (Å²) in [7, 11) is 0. The van der Waals surface area contributed by atoms with Gasteiger partial charge in [0.1, 0.15) is 17.8 Å². The van der Waals surface area contributed by atoms with Gasteiger partial charge >= 0.3 is 11.7 Å². The Balaban J connectivity index is 1.48. The monoisotopic (exact) mass is 534 g/mol. The quantitative estimate of drug-likeness (QED) is 0.301. The van der Waals surface area contributed by atoms with Crippen molar-refractivity contribution in [3.63, 3.8) is 0 Å². The molecule has 2 amide bonds. The zero-order valence-corrected chi connectivity index (χ0v) is 21.5. The van der Waals surface area contributed by atoms with Crippen LogP contribution in [0.3, 0.4) is 0 Å². The Morgan fingerprint density at radius 3 is 2.32 bits per heavy atom. The molecule has 196 valence electrons. The smallest absolute Gasteiger partial charge is 0.338 e. The van der Waals surface area contributed by atoms with Gasteiger partial charge in [-0.05, 0) is 54.6 Å². The predicted octanol–water partition coefficient (Wildman–Crippen LogP) is 2.40. The van der Waals surface area contributed by atoms with Gasteiger partial charge in [0.05, 0.1) is 17.7 Å². The molecule has 0 saturated heterocycles. The normalized spacial score (nSPS) is 10.8. The molecular weight excluding hydrogens is 508 g/mol. The Labute approximate surface area is 221 Å². The molecule has 10 nitrogen and oxygen atoms in total. The number of carbonyl (C=O) groups excluding carboxylic acids is 3. The highest BCUT2D eigenvalue weighted by Crippen LogP contribution is 2.16. The zero-order valence-electron chi connectivity index (χ0n) is 20.6. The second-order valence-corrected chi connectivity index (χ2v) is 9.24. The standard InChI is InChI=1S/C27H26N4O6S/c1-2-37-26(35)19-8-10-20(11-9-19)29-23(33)17-30-21-13-15-38-24(21)25(34)31(27(30)36)16-22(32)28-14-12-18-6-4-3-5-7-18/h3-11,13,15H,2,12,14,16-17H2,1H3,(H,28,32)(H,29,33). The minimum absolute atomic E-state index is 0.251. The van der Waals surface area contributed by atoms with Crippen molar-refractivity contribution in [3.05, 3.63) is 98.0 Å². The summed E-state index contributed by atoms with van der Waals surface area (Å²) >= 11 is 1.13. The van der Waals surface area contributed by atoms with Gasteiger partial charge in [0.2, 0.25) is 11.8 Å². The summed E-state index contributed by atoms with van der Waals surface area (Å²) in [6.45, 7) is 1.48. The molecular formula is C27H26N4O6S. The van der Waals surface area contributed by atoms with Gasteiger partial charge in [-0.3, -0.25) is 19.0 Å². The van der Waals surface area contributed by atoms with Crippen LogP contribution in [0.2, 0.25) is 0 Å². The van der Waals surface area contributed by atoms with Crippen LogP contribution in [-0.4, -0.2) is 40.1 Å². The molecule has 0 fully saturated rings. The number of thiophene rings is 1. The first-order valence-electron chi connectivity index (χ1n) is 12.0. The minimum atomic E-state index is -0.757. The van der Waals surface area contributed by atoms with Crippen molar-refractivity contribution >= 4 is 45.0 Å². The van der Waals surface area contributed by atoms with Crippen LogP contribution in [0.15, 0.2) is 75.6 Å². The summed E-state index contributed by atoms with van der Waals surface area (Å²) in [4.78, 5) is 63.3. The lowest BCUT2D eigenvalue weighted by Gasteiger charge is -2.13. The van der Waals surface area contributed by atoms with E-state index in [4.69, 9.17) is 4.74 Å². The third-order valence-electron chi connectivity index (χ3n) is 5.70. The minimum Gasteiger partial charge on any atom is -0.462 e. The molecule has 2 N–H and O–H groups in total. The molecule has 0 saturated carbocycles. The van der Waals surface area contributed by atoms with Gasteiger partial charge in [0, 0.05) is 12.2 Å². The second-order valence-electron chi connectivity index (χ2n) is 8.33. The number of benzene rings is 2. The Morgan fingerprint density at radius 2 is 1.61 bits per heavy atom. The number of ether oxygens (including phenoxy) is 1. The molecule has 0 atom stereocenters. The lowest BCUT2D eigenvalue weighted by atomic mass is 10.1. The zero-order chi connectivity index (χ0) is 27.1. The van der Waals surface area contributed by atoms with E-state index >= 15 is 0 Å². The summed E-state index contributed by atoms with van der Waals surface area (Å²) in [5.74, 6) is -1.46. The molecule has 2 aromatic carbocycles. The first-order valence-corrected chi connectivity index (χ1v) is 12.8. The Morgan fingerprint density at radius 1 is 0.895 bits per heavy atom. The number of aromatic nitrogens is 2. The van der Waals surface area contributed by atoms with E-state index in [9.17, 15) is 24.0 Å². The number of anilines is 1.